The van der Waals surface area contributed by atoms with Gasteiger partial charge in [-0.25, -0.2) is 0 Å². The van der Waals surface area contributed by atoms with Crippen molar-refractivity contribution in [3.05, 3.63) is 0 Å². The van der Waals surface area contributed by atoms with Crippen LogP contribution in [0.1, 0.15) is 12.8 Å². The van der Waals surface area contributed by atoms with E-state index in [-0.39, 0.29) is 0 Å². The third kappa shape index (κ3) is 4.90. The van der Waals surface area contributed by atoms with Gasteiger partial charge in [0.2, 0.25) is 0 Å². The van der Waals surface area contributed by atoms with Crippen LogP contribution in [0.2, 0.25) is 0 Å². The van der Waals surface area contributed by atoms with Crippen LogP contribution in [-0.4, -0.2) is 114 Å². The molecule has 1 unspecified atom stereocenters. The van der Waals surface area contributed by atoms with Crippen LogP contribution in [0.4, 0.5) is 0 Å². The highest BCUT2D eigenvalue weighted by Gasteiger charge is 2.50. The first-order valence-corrected chi connectivity index (χ1v) is 8.01. The van der Waals surface area contributed by atoms with Gasteiger partial charge in [-0.05, 0) is 0 Å². The van der Waals surface area contributed by atoms with Crippen LogP contribution < -0.4 is 0 Å². The lowest BCUT2D eigenvalue weighted by molar-refractivity contribution is -0.351. The number of carbonyl (C=O) groups is 2. The second-order valence-corrected chi connectivity index (χ2v) is 6.36. The molecule has 0 aromatic heterocycles. The van der Waals surface area contributed by atoms with Crippen molar-refractivity contribution < 1.29 is 64.7 Å². The van der Waals surface area contributed by atoms with E-state index in [9.17, 15) is 40.2 Å². The smallest absolute Gasteiger partial charge is 0.306 e. The summed E-state index contributed by atoms with van der Waals surface area (Å²) in [6.07, 6.45) is -18.9. The molecule has 2 fully saturated rings. The molecule has 0 amide bonds. The SMILES string of the molecule is O=C(O)C[C@@H]1O[C@@H](O)[C@@H](O)[C@@H](O)C1O[C@@H]1O[C@H](CC(=O)O)[C@@H](O)[C@H](O)[C@@H]1O. The van der Waals surface area contributed by atoms with Crippen LogP contribution >= 0.6 is 0 Å². The van der Waals surface area contributed by atoms with Crippen LogP contribution in [0.5, 0.6) is 0 Å². The number of ether oxygens (including phenoxy) is 3. The van der Waals surface area contributed by atoms with Crippen LogP contribution in [0.3, 0.4) is 0 Å². The lowest BCUT2D eigenvalue weighted by atomic mass is 9.95. The van der Waals surface area contributed by atoms with Gasteiger partial charge >= 0.3 is 11.9 Å². The summed E-state index contributed by atoms with van der Waals surface area (Å²) in [6, 6.07) is 0. The fourth-order valence-electron chi connectivity index (χ4n) is 2.95. The summed E-state index contributed by atoms with van der Waals surface area (Å²) in [5.74, 6) is -2.75. The summed E-state index contributed by atoms with van der Waals surface area (Å²) in [7, 11) is 0. The minimum atomic E-state index is -1.89. The molecule has 0 aromatic carbocycles. The van der Waals surface area contributed by atoms with Gasteiger partial charge in [0.15, 0.2) is 12.6 Å². The molecule has 0 saturated carbocycles. The summed E-state index contributed by atoms with van der Waals surface area (Å²) < 4.78 is 15.3. The van der Waals surface area contributed by atoms with Gasteiger partial charge in [-0.2, -0.15) is 0 Å². The molecule has 2 saturated heterocycles. The Balaban J connectivity index is 2.19. The third-order valence-electron chi connectivity index (χ3n) is 4.37. The maximum atomic E-state index is 11.0. The third-order valence-corrected chi connectivity index (χ3v) is 4.37. The van der Waals surface area contributed by atoms with Crippen molar-refractivity contribution in [3.8, 4) is 0 Å². The summed E-state index contributed by atoms with van der Waals surface area (Å²) >= 11 is 0. The monoisotopic (exact) mass is 398 g/mol. The Morgan fingerprint density at radius 1 is 0.704 bits per heavy atom. The van der Waals surface area contributed by atoms with Crippen molar-refractivity contribution in [2.45, 2.75) is 74.3 Å². The molecule has 0 bridgehead atoms. The average molecular weight is 398 g/mol. The second kappa shape index (κ2) is 8.72. The Bertz CT molecular complexity index is 541. The standard InChI is InChI=1S/C14H22O13/c15-5(16)1-3-7(19)8(20)11(23)14(26-3)27-12-4(2-6(17)18)25-13(24)10(22)9(12)21/h3-4,7-14,19-24H,1-2H2,(H,15,16)(H,17,18)/t3-,4+,7-,8+,9-,10+,11+,12?,13-,14+/m1/s1. The fraction of sp³-hybridized carbons (Fsp3) is 0.857. The minimum absolute atomic E-state index is 0.742. The molecule has 0 aliphatic carbocycles. The highest BCUT2D eigenvalue weighted by Crippen LogP contribution is 2.30. The molecule has 0 radical (unpaired) electrons. The van der Waals surface area contributed by atoms with Crippen molar-refractivity contribution in [2.24, 2.45) is 0 Å². The molecule has 13 nitrogen and oxygen atoms in total. The van der Waals surface area contributed by atoms with E-state index >= 15 is 0 Å². The maximum absolute atomic E-state index is 11.0. The zero-order chi connectivity index (χ0) is 20.5. The van der Waals surface area contributed by atoms with Gasteiger partial charge in [0.25, 0.3) is 0 Å². The van der Waals surface area contributed by atoms with Crippen molar-refractivity contribution in [1.82, 2.24) is 0 Å². The van der Waals surface area contributed by atoms with Gasteiger partial charge in [0.05, 0.1) is 18.9 Å². The number of hydrogen-bond donors (Lipinski definition) is 8. The molecule has 2 aliphatic heterocycles. The van der Waals surface area contributed by atoms with Crippen molar-refractivity contribution >= 4 is 11.9 Å². The van der Waals surface area contributed by atoms with Crippen LogP contribution in [0.15, 0.2) is 0 Å². The number of carboxylic acid groups (broad SMARTS) is 2. The molecule has 8 N–H and O–H groups in total. The van der Waals surface area contributed by atoms with Crippen molar-refractivity contribution in [2.75, 3.05) is 0 Å². The number of aliphatic hydroxyl groups excluding tert-OH is 6. The van der Waals surface area contributed by atoms with E-state index < -0.39 is 86.2 Å². The van der Waals surface area contributed by atoms with E-state index in [1.165, 1.54) is 0 Å². The van der Waals surface area contributed by atoms with Gasteiger partial charge in [-0.15, -0.1) is 0 Å². The summed E-state index contributed by atoms with van der Waals surface area (Å²) in [5, 5.41) is 76.7. The van der Waals surface area contributed by atoms with Gasteiger partial charge < -0.3 is 55.1 Å². The van der Waals surface area contributed by atoms with Crippen LogP contribution in [0, 0.1) is 0 Å². The first kappa shape index (κ1) is 21.9. The summed E-state index contributed by atoms with van der Waals surface area (Å²) in [4.78, 5) is 21.8. The Labute approximate surface area is 151 Å². The summed E-state index contributed by atoms with van der Waals surface area (Å²) in [5.41, 5.74) is 0. The van der Waals surface area contributed by atoms with Crippen LogP contribution in [0.25, 0.3) is 0 Å². The van der Waals surface area contributed by atoms with Crippen LogP contribution in [-0.2, 0) is 23.8 Å². The summed E-state index contributed by atoms with van der Waals surface area (Å²) in [6.45, 7) is 0. The van der Waals surface area contributed by atoms with Gasteiger partial charge in [0, 0.05) is 0 Å². The molecule has 2 aliphatic rings. The number of hydrogen-bond acceptors (Lipinski definition) is 11. The highest BCUT2D eigenvalue weighted by atomic mass is 16.7. The Morgan fingerprint density at radius 2 is 1.26 bits per heavy atom. The maximum Gasteiger partial charge on any atom is 0.306 e. The Hall–Kier alpha value is -1.42. The number of aliphatic hydroxyl groups is 6. The van der Waals surface area contributed by atoms with Gasteiger partial charge in [0.1, 0.15) is 42.7 Å². The zero-order valence-corrected chi connectivity index (χ0v) is 13.8. The van der Waals surface area contributed by atoms with E-state index in [2.05, 4.69) is 0 Å². The lowest BCUT2D eigenvalue weighted by Gasteiger charge is -2.45. The molecular formula is C14H22O13. The Morgan fingerprint density at radius 3 is 1.81 bits per heavy atom. The minimum Gasteiger partial charge on any atom is -0.481 e. The predicted molar refractivity (Wildman–Crippen MR) is 79.0 cm³/mol. The second-order valence-electron chi connectivity index (χ2n) is 6.36. The molecule has 13 heteroatoms. The highest BCUT2D eigenvalue weighted by molar-refractivity contribution is 5.67. The quantitative estimate of drug-likeness (QED) is 0.212. The van der Waals surface area contributed by atoms with Gasteiger partial charge in [-0.1, -0.05) is 0 Å². The normalized spacial score (nSPS) is 45.4. The van der Waals surface area contributed by atoms with Crippen molar-refractivity contribution in [1.29, 1.82) is 0 Å². The lowest BCUT2D eigenvalue weighted by Crippen LogP contribution is -2.63. The molecule has 0 aromatic rings. The fourth-order valence-corrected chi connectivity index (χ4v) is 2.95. The van der Waals surface area contributed by atoms with E-state index in [0.717, 1.165) is 0 Å². The van der Waals surface area contributed by atoms with E-state index in [0.29, 0.717) is 0 Å². The molecule has 10 atom stereocenters. The first-order valence-electron chi connectivity index (χ1n) is 8.01. The zero-order valence-electron chi connectivity index (χ0n) is 13.8. The van der Waals surface area contributed by atoms with Gasteiger partial charge in [-0.3, -0.25) is 9.59 Å². The molecule has 156 valence electrons. The molecular weight excluding hydrogens is 376 g/mol. The Kier molecular flexibility index (Phi) is 7.07. The predicted octanol–water partition coefficient (Wildman–Crippen LogP) is -4.43. The molecule has 2 heterocycles. The number of aliphatic carboxylic acids is 2. The van der Waals surface area contributed by atoms with E-state index in [4.69, 9.17) is 24.4 Å². The molecule has 27 heavy (non-hydrogen) atoms. The largest absolute Gasteiger partial charge is 0.481 e. The number of carboxylic acids is 2. The van der Waals surface area contributed by atoms with E-state index in [1.807, 2.05) is 0 Å². The molecule has 2 rings (SSSR count). The topological polar surface area (TPSA) is 224 Å². The first-order chi connectivity index (χ1) is 12.5. The van der Waals surface area contributed by atoms with E-state index in [1.54, 1.807) is 0 Å². The van der Waals surface area contributed by atoms with Crippen molar-refractivity contribution in [3.63, 3.8) is 0 Å². The number of rotatable bonds is 6. The average Bonchev–Trinajstić information content (AvgIpc) is 2.57. The molecule has 0 spiro atoms.